The topological polar surface area (TPSA) is 38.1 Å². The Morgan fingerprint density at radius 1 is 1.24 bits per heavy atom. The Morgan fingerprint density at radius 3 is 2.81 bits per heavy atom. The van der Waals surface area contributed by atoms with Gasteiger partial charge in [-0.25, -0.2) is 4.98 Å². The van der Waals surface area contributed by atoms with E-state index in [2.05, 4.69) is 51.4 Å². The van der Waals surface area contributed by atoms with E-state index in [1.165, 1.54) is 11.1 Å². The highest BCUT2D eigenvalue weighted by Crippen LogP contribution is 2.26. The molecule has 0 amide bonds. The van der Waals surface area contributed by atoms with E-state index in [9.17, 15) is 0 Å². The number of nitrogens with zero attached hydrogens (tertiary/aromatic N) is 1. The Morgan fingerprint density at radius 2 is 2.05 bits per heavy atom. The lowest BCUT2D eigenvalue weighted by Crippen LogP contribution is -2.20. The number of aryl methyl sites for hydroxylation is 1. The molecule has 0 aliphatic rings. The first kappa shape index (κ1) is 14.3. The lowest BCUT2D eigenvalue weighted by atomic mass is 9.99. The summed E-state index contributed by atoms with van der Waals surface area (Å²) >= 11 is 3.54. The second kappa shape index (κ2) is 6.00. The second-order valence-electron chi connectivity index (χ2n) is 5.12. The molecule has 0 radical (unpaired) electrons. The molecule has 21 heavy (non-hydrogen) atoms. The fourth-order valence-electron chi connectivity index (χ4n) is 2.54. The lowest BCUT2D eigenvalue weighted by molar-refractivity contribution is 0.473. The van der Waals surface area contributed by atoms with Gasteiger partial charge in [0.05, 0.1) is 0 Å². The third-order valence-electron chi connectivity index (χ3n) is 3.68. The van der Waals surface area contributed by atoms with Gasteiger partial charge in [0.1, 0.15) is 5.52 Å². The number of hydrogen-bond donors (Lipinski definition) is 1. The Labute approximate surface area is 132 Å². The maximum Gasteiger partial charge on any atom is 0.197 e. The van der Waals surface area contributed by atoms with E-state index >= 15 is 0 Å². The Hall–Kier alpha value is -1.65. The van der Waals surface area contributed by atoms with E-state index < -0.39 is 0 Å². The fourth-order valence-corrected chi connectivity index (χ4v) is 2.91. The first-order valence-electron chi connectivity index (χ1n) is 6.95. The monoisotopic (exact) mass is 344 g/mol. The van der Waals surface area contributed by atoms with E-state index in [0.29, 0.717) is 0 Å². The van der Waals surface area contributed by atoms with Crippen molar-refractivity contribution < 1.29 is 4.42 Å². The maximum atomic E-state index is 5.83. The van der Waals surface area contributed by atoms with Crippen LogP contribution in [0.4, 0.5) is 0 Å². The molecule has 3 nitrogen and oxygen atoms in total. The quantitative estimate of drug-likeness (QED) is 0.762. The van der Waals surface area contributed by atoms with Crippen LogP contribution >= 0.6 is 15.9 Å². The molecule has 0 fully saturated rings. The Balaban J connectivity index is 1.91. The van der Waals surface area contributed by atoms with E-state index in [0.717, 1.165) is 27.9 Å². The third kappa shape index (κ3) is 3.01. The van der Waals surface area contributed by atoms with Crippen molar-refractivity contribution in [2.45, 2.75) is 19.4 Å². The summed E-state index contributed by atoms with van der Waals surface area (Å²) in [6, 6.07) is 14.4. The normalized spacial score (nSPS) is 12.7. The summed E-state index contributed by atoms with van der Waals surface area (Å²) in [4.78, 5) is 4.56. The summed E-state index contributed by atoms with van der Waals surface area (Å²) in [6.07, 6.45) is 0.725. The van der Waals surface area contributed by atoms with E-state index in [-0.39, 0.29) is 6.04 Å². The first-order valence-corrected chi connectivity index (χ1v) is 7.74. The number of likely N-dealkylation sites (N-methyl/N-ethyl adjacent to an activating group) is 1. The number of benzene rings is 2. The van der Waals surface area contributed by atoms with Crippen LogP contribution in [0.15, 0.2) is 51.4 Å². The zero-order valence-corrected chi connectivity index (χ0v) is 13.6. The summed E-state index contributed by atoms with van der Waals surface area (Å²) in [7, 11) is 1.97. The molecule has 108 valence electrons. The van der Waals surface area contributed by atoms with E-state index in [1.54, 1.807) is 0 Å². The number of para-hydroxylation sites is 2. The van der Waals surface area contributed by atoms with E-state index in [1.807, 2.05) is 31.3 Å². The molecule has 0 bridgehead atoms. The highest BCUT2D eigenvalue weighted by atomic mass is 79.9. The number of nitrogens with one attached hydrogen (secondary N) is 1. The molecule has 1 atom stereocenters. The van der Waals surface area contributed by atoms with Gasteiger partial charge in [-0.05, 0) is 49.4 Å². The van der Waals surface area contributed by atoms with Crippen molar-refractivity contribution in [2.75, 3.05) is 7.05 Å². The number of aromatic nitrogens is 1. The minimum Gasteiger partial charge on any atom is -0.441 e. The number of halogens is 1. The van der Waals surface area contributed by atoms with E-state index in [4.69, 9.17) is 4.42 Å². The smallest absolute Gasteiger partial charge is 0.197 e. The van der Waals surface area contributed by atoms with Crippen molar-refractivity contribution in [2.24, 2.45) is 0 Å². The molecule has 0 aliphatic carbocycles. The summed E-state index contributed by atoms with van der Waals surface area (Å²) in [6.45, 7) is 2.12. The van der Waals surface area contributed by atoms with Gasteiger partial charge in [0.15, 0.2) is 11.5 Å². The lowest BCUT2D eigenvalue weighted by Gasteiger charge is -2.17. The molecule has 0 saturated heterocycles. The zero-order valence-electron chi connectivity index (χ0n) is 12.1. The average molecular weight is 345 g/mol. The van der Waals surface area contributed by atoms with Crippen LogP contribution in [-0.4, -0.2) is 12.0 Å². The van der Waals surface area contributed by atoms with Gasteiger partial charge in [-0.15, -0.1) is 0 Å². The van der Waals surface area contributed by atoms with Gasteiger partial charge in [-0.3, -0.25) is 0 Å². The van der Waals surface area contributed by atoms with Gasteiger partial charge in [0.2, 0.25) is 0 Å². The molecule has 0 saturated carbocycles. The van der Waals surface area contributed by atoms with Crippen LogP contribution in [0.5, 0.6) is 0 Å². The summed E-state index contributed by atoms with van der Waals surface area (Å²) < 4.78 is 6.91. The van der Waals surface area contributed by atoms with Gasteiger partial charge in [-0.1, -0.05) is 34.1 Å². The molecule has 0 spiro atoms. The number of fused-ring (bicyclic) bond motifs is 1. The van der Waals surface area contributed by atoms with Gasteiger partial charge in [0, 0.05) is 16.9 Å². The van der Waals surface area contributed by atoms with Gasteiger partial charge < -0.3 is 9.73 Å². The van der Waals surface area contributed by atoms with Crippen LogP contribution in [0.25, 0.3) is 11.1 Å². The van der Waals surface area contributed by atoms with Crippen LogP contribution in [0.2, 0.25) is 0 Å². The van der Waals surface area contributed by atoms with Crippen LogP contribution in [0, 0.1) is 6.92 Å². The van der Waals surface area contributed by atoms with Crippen molar-refractivity contribution in [1.82, 2.24) is 10.3 Å². The molecule has 3 aromatic rings. The minimum absolute atomic E-state index is 0.176. The molecular formula is C17H17BrN2O. The predicted molar refractivity (Wildman–Crippen MR) is 88.4 cm³/mol. The van der Waals surface area contributed by atoms with Gasteiger partial charge in [-0.2, -0.15) is 0 Å². The van der Waals surface area contributed by atoms with Crippen molar-refractivity contribution in [1.29, 1.82) is 0 Å². The minimum atomic E-state index is 0.176. The Bertz CT molecular complexity index is 733. The predicted octanol–water partition coefficient (Wildman–Crippen LogP) is 4.40. The molecule has 4 heteroatoms. The number of hydrogen-bond acceptors (Lipinski definition) is 3. The highest BCUT2D eigenvalue weighted by Gasteiger charge is 2.16. The van der Waals surface area contributed by atoms with Crippen molar-refractivity contribution >= 4 is 27.0 Å². The summed E-state index contributed by atoms with van der Waals surface area (Å²) in [5.74, 6) is 0.759. The SMILES string of the molecule is CNC(Cc1nc2ccccc2o1)c1cc(Br)ccc1C. The Kier molecular flexibility index (Phi) is 4.08. The zero-order chi connectivity index (χ0) is 14.8. The first-order chi connectivity index (χ1) is 10.2. The van der Waals surface area contributed by atoms with Crippen molar-refractivity contribution in [3.8, 4) is 0 Å². The molecule has 3 rings (SSSR count). The third-order valence-corrected chi connectivity index (χ3v) is 4.18. The van der Waals surface area contributed by atoms with Crippen molar-refractivity contribution in [3.05, 3.63) is 64.0 Å². The summed E-state index contributed by atoms with van der Waals surface area (Å²) in [5.41, 5.74) is 4.27. The molecule has 1 N–H and O–H groups in total. The number of rotatable bonds is 4. The molecule has 1 heterocycles. The molecule has 0 aliphatic heterocycles. The molecular weight excluding hydrogens is 328 g/mol. The second-order valence-corrected chi connectivity index (χ2v) is 6.04. The molecule has 1 unspecified atom stereocenters. The largest absolute Gasteiger partial charge is 0.441 e. The van der Waals surface area contributed by atoms with Crippen LogP contribution in [0.3, 0.4) is 0 Å². The molecule has 2 aromatic carbocycles. The van der Waals surface area contributed by atoms with Crippen LogP contribution in [-0.2, 0) is 6.42 Å². The highest BCUT2D eigenvalue weighted by molar-refractivity contribution is 9.10. The van der Waals surface area contributed by atoms with Gasteiger partial charge >= 0.3 is 0 Å². The number of oxazole rings is 1. The fraction of sp³-hybridized carbons (Fsp3) is 0.235. The summed E-state index contributed by atoms with van der Waals surface area (Å²) in [5, 5.41) is 3.36. The standard InChI is InChI=1S/C17H17BrN2O/c1-11-7-8-12(18)9-13(11)15(19-2)10-17-20-14-5-3-4-6-16(14)21-17/h3-9,15,19H,10H2,1-2H3. The molecule has 1 aromatic heterocycles. The average Bonchev–Trinajstić information content (AvgIpc) is 2.90. The maximum absolute atomic E-state index is 5.83. The van der Waals surface area contributed by atoms with Crippen LogP contribution in [0.1, 0.15) is 23.1 Å². The van der Waals surface area contributed by atoms with Crippen LogP contribution < -0.4 is 5.32 Å². The van der Waals surface area contributed by atoms with Crippen molar-refractivity contribution in [3.63, 3.8) is 0 Å². The van der Waals surface area contributed by atoms with Gasteiger partial charge in [0.25, 0.3) is 0 Å².